The lowest BCUT2D eigenvalue weighted by Crippen LogP contribution is -2.45. The predicted octanol–water partition coefficient (Wildman–Crippen LogP) is 0.358. The number of carbonyl (C=O) groups excluding carboxylic acids is 1. The summed E-state index contributed by atoms with van der Waals surface area (Å²) in [5, 5.41) is 12.7. The van der Waals surface area contributed by atoms with Crippen LogP contribution in [0, 0.1) is 0 Å². The molecule has 2 atom stereocenters. The Hall–Kier alpha value is -0.610. The van der Waals surface area contributed by atoms with Gasteiger partial charge >= 0.3 is 0 Å². The van der Waals surface area contributed by atoms with Crippen LogP contribution in [0.3, 0.4) is 0 Å². The molecule has 2 N–H and O–H groups in total. The number of amides is 1. The van der Waals surface area contributed by atoms with Gasteiger partial charge in [0.2, 0.25) is 5.91 Å². The fourth-order valence-corrected chi connectivity index (χ4v) is 1.87. The average Bonchev–Trinajstić information content (AvgIpc) is 2.54. The van der Waals surface area contributed by atoms with E-state index in [1.165, 1.54) is 0 Å². The zero-order valence-corrected chi connectivity index (χ0v) is 9.92. The van der Waals surface area contributed by atoms with Crippen molar-refractivity contribution in [3.8, 4) is 0 Å². The van der Waals surface area contributed by atoms with Crippen molar-refractivity contribution in [1.29, 1.82) is 0 Å². The minimum Gasteiger partial charge on any atom is -0.389 e. The third-order valence-corrected chi connectivity index (χ3v) is 2.96. The van der Waals surface area contributed by atoms with Crippen molar-refractivity contribution in [2.45, 2.75) is 45.3 Å². The summed E-state index contributed by atoms with van der Waals surface area (Å²) in [4.78, 5) is 13.7. The number of β-amino-alcohol motifs (C(OH)–C–C–N with tert-alkyl or cyclic N) is 1. The molecule has 0 aromatic carbocycles. The molecular weight excluding hydrogens is 192 g/mol. The minimum atomic E-state index is -0.626. The molecule has 0 bridgehead atoms. The fourth-order valence-electron chi connectivity index (χ4n) is 1.87. The summed E-state index contributed by atoms with van der Waals surface area (Å²) in [6, 6.07) is -0.134. The normalized spacial score (nSPS) is 29.1. The number of nitrogens with zero attached hydrogens (tertiary/aromatic N) is 1. The van der Waals surface area contributed by atoms with Gasteiger partial charge in [-0.1, -0.05) is 6.92 Å². The standard InChI is InChI=1S/C11H22N2O2/c1-4-6-12-10(14)9(2)13-7-5-11(3,15)8-13/h9,15H,4-8H2,1-3H3,(H,12,14). The summed E-state index contributed by atoms with van der Waals surface area (Å²) in [7, 11) is 0. The number of rotatable bonds is 4. The molecule has 0 aliphatic carbocycles. The molecule has 2 unspecified atom stereocenters. The van der Waals surface area contributed by atoms with E-state index in [1.54, 1.807) is 0 Å². The van der Waals surface area contributed by atoms with Gasteiger partial charge in [0, 0.05) is 19.6 Å². The van der Waals surface area contributed by atoms with Gasteiger partial charge in [-0.25, -0.2) is 0 Å². The van der Waals surface area contributed by atoms with Crippen LogP contribution in [0.1, 0.15) is 33.6 Å². The molecule has 4 heteroatoms. The lowest BCUT2D eigenvalue weighted by Gasteiger charge is -2.24. The van der Waals surface area contributed by atoms with Gasteiger partial charge in [0.25, 0.3) is 0 Å². The van der Waals surface area contributed by atoms with Crippen molar-refractivity contribution in [2.75, 3.05) is 19.6 Å². The molecule has 0 aromatic rings. The molecule has 1 saturated heterocycles. The van der Waals surface area contributed by atoms with Crippen molar-refractivity contribution in [1.82, 2.24) is 10.2 Å². The molecule has 0 saturated carbocycles. The number of hydrogen-bond donors (Lipinski definition) is 2. The van der Waals surface area contributed by atoms with Crippen molar-refractivity contribution >= 4 is 5.91 Å². The molecule has 1 fully saturated rings. The first kappa shape index (κ1) is 12.5. The van der Waals surface area contributed by atoms with Crippen LogP contribution in [-0.2, 0) is 4.79 Å². The summed E-state index contributed by atoms with van der Waals surface area (Å²) in [6.07, 6.45) is 1.70. The third-order valence-electron chi connectivity index (χ3n) is 2.96. The summed E-state index contributed by atoms with van der Waals surface area (Å²) >= 11 is 0. The van der Waals surface area contributed by atoms with E-state index in [4.69, 9.17) is 0 Å². The van der Waals surface area contributed by atoms with Crippen LogP contribution in [0.15, 0.2) is 0 Å². The molecule has 1 heterocycles. The minimum absolute atomic E-state index is 0.0644. The van der Waals surface area contributed by atoms with Gasteiger partial charge in [-0.3, -0.25) is 9.69 Å². The zero-order chi connectivity index (χ0) is 11.5. The Labute approximate surface area is 91.6 Å². The maximum absolute atomic E-state index is 11.7. The second-order valence-corrected chi connectivity index (χ2v) is 4.68. The second kappa shape index (κ2) is 4.94. The average molecular weight is 214 g/mol. The van der Waals surface area contributed by atoms with Crippen molar-refractivity contribution in [3.05, 3.63) is 0 Å². The summed E-state index contributed by atoms with van der Waals surface area (Å²) in [5.74, 6) is 0.0644. The number of hydrogen-bond acceptors (Lipinski definition) is 3. The van der Waals surface area contributed by atoms with E-state index in [2.05, 4.69) is 5.32 Å². The Morgan fingerprint density at radius 3 is 2.80 bits per heavy atom. The van der Waals surface area contributed by atoms with Gasteiger partial charge in [-0.2, -0.15) is 0 Å². The highest BCUT2D eigenvalue weighted by molar-refractivity contribution is 5.81. The smallest absolute Gasteiger partial charge is 0.237 e. The first-order valence-corrected chi connectivity index (χ1v) is 5.70. The van der Waals surface area contributed by atoms with Crippen molar-refractivity contribution < 1.29 is 9.90 Å². The predicted molar refractivity (Wildman–Crippen MR) is 59.6 cm³/mol. The Morgan fingerprint density at radius 1 is 1.67 bits per heavy atom. The lowest BCUT2D eigenvalue weighted by molar-refractivity contribution is -0.125. The van der Waals surface area contributed by atoms with Crippen molar-refractivity contribution in [3.63, 3.8) is 0 Å². The Bertz CT molecular complexity index is 229. The molecule has 0 radical (unpaired) electrons. The molecule has 1 rings (SSSR count). The van der Waals surface area contributed by atoms with Crippen molar-refractivity contribution in [2.24, 2.45) is 0 Å². The topological polar surface area (TPSA) is 52.6 Å². The maximum atomic E-state index is 11.7. The van der Waals surface area contributed by atoms with Crippen LogP contribution < -0.4 is 5.32 Å². The molecule has 0 spiro atoms. The Balaban J connectivity index is 2.40. The molecular formula is C11H22N2O2. The van der Waals surface area contributed by atoms with Crippen LogP contribution in [0.4, 0.5) is 0 Å². The second-order valence-electron chi connectivity index (χ2n) is 4.68. The highest BCUT2D eigenvalue weighted by Crippen LogP contribution is 2.21. The van der Waals surface area contributed by atoms with E-state index < -0.39 is 5.60 Å². The quantitative estimate of drug-likeness (QED) is 0.710. The number of likely N-dealkylation sites (tertiary alicyclic amines) is 1. The van der Waals surface area contributed by atoms with E-state index in [0.717, 1.165) is 25.9 Å². The van der Waals surface area contributed by atoms with E-state index in [-0.39, 0.29) is 11.9 Å². The monoisotopic (exact) mass is 214 g/mol. The van der Waals surface area contributed by atoms with Crippen LogP contribution in [-0.4, -0.2) is 47.2 Å². The number of carbonyl (C=O) groups is 1. The van der Waals surface area contributed by atoms with Crippen LogP contribution in [0.5, 0.6) is 0 Å². The van der Waals surface area contributed by atoms with Crippen LogP contribution >= 0.6 is 0 Å². The van der Waals surface area contributed by atoms with Gasteiger partial charge in [-0.15, -0.1) is 0 Å². The molecule has 88 valence electrons. The molecule has 15 heavy (non-hydrogen) atoms. The molecule has 1 aliphatic rings. The molecule has 4 nitrogen and oxygen atoms in total. The van der Waals surface area contributed by atoms with Crippen LogP contribution in [0.25, 0.3) is 0 Å². The highest BCUT2D eigenvalue weighted by atomic mass is 16.3. The summed E-state index contributed by atoms with van der Waals surface area (Å²) in [5.41, 5.74) is -0.626. The lowest BCUT2D eigenvalue weighted by atomic mass is 10.1. The number of nitrogens with one attached hydrogen (secondary N) is 1. The van der Waals surface area contributed by atoms with Gasteiger partial charge < -0.3 is 10.4 Å². The van der Waals surface area contributed by atoms with E-state index in [0.29, 0.717) is 6.54 Å². The van der Waals surface area contributed by atoms with Gasteiger partial charge in [0.15, 0.2) is 0 Å². The first-order valence-electron chi connectivity index (χ1n) is 5.70. The SMILES string of the molecule is CCCNC(=O)C(C)N1CCC(C)(O)C1. The largest absolute Gasteiger partial charge is 0.389 e. The van der Waals surface area contributed by atoms with E-state index >= 15 is 0 Å². The highest BCUT2D eigenvalue weighted by Gasteiger charge is 2.35. The molecule has 0 aromatic heterocycles. The fraction of sp³-hybridized carbons (Fsp3) is 0.909. The summed E-state index contributed by atoms with van der Waals surface area (Å²) < 4.78 is 0. The van der Waals surface area contributed by atoms with Gasteiger partial charge in [0.1, 0.15) is 0 Å². The van der Waals surface area contributed by atoms with Crippen LogP contribution in [0.2, 0.25) is 0 Å². The Kier molecular flexibility index (Phi) is 4.11. The molecule has 1 aliphatic heterocycles. The van der Waals surface area contributed by atoms with E-state index in [1.807, 2.05) is 25.7 Å². The van der Waals surface area contributed by atoms with E-state index in [9.17, 15) is 9.90 Å². The maximum Gasteiger partial charge on any atom is 0.237 e. The summed E-state index contributed by atoms with van der Waals surface area (Å²) in [6.45, 7) is 7.87. The third kappa shape index (κ3) is 3.47. The number of aliphatic hydroxyl groups is 1. The van der Waals surface area contributed by atoms with Gasteiger partial charge in [0.05, 0.1) is 11.6 Å². The first-order chi connectivity index (χ1) is 6.96. The molecule has 1 amide bonds. The zero-order valence-electron chi connectivity index (χ0n) is 9.92. The van der Waals surface area contributed by atoms with Gasteiger partial charge in [-0.05, 0) is 26.7 Å². The Morgan fingerprint density at radius 2 is 2.33 bits per heavy atom.